The van der Waals surface area contributed by atoms with Crippen LogP contribution < -0.4 is 10.5 Å². The van der Waals surface area contributed by atoms with Gasteiger partial charge in [0.25, 0.3) is 0 Å². The summed E-state index contributed by atoms with van der Waals surface area (Å²) in [5, 5.41) is 9.28. The van der Waals surface area contributed by atoms with E-state index in [1.807, 2.05) is 19.9 Å². The lowest BCUT2D eigenvalue weighted by Gasteiger charge is -2.18. The van der Waals surface area contributed by atoms with Gasteiger partial charge in [0.1, 0.15) is 5.75 Å². The molecule has 5 heteroatoms. The average molecular weight is 286 g/mol. The molecule has 1 aromatic carbocycles. The van der Waals surface area contributed by atoms with Crippen LogP contribution in [0.5, 0.6) is 5.75 Å². The normalized spacial score (nSPS) is 12.5. The number of rotatable bonds is 6. The molecule has 0 saturated carbocycles. The molecule has 0 amide bonds. The minimum absolute atomic E-state index is 0.0348. The SMILES string of the molecule is COc1cc(C(N)CCC(=O)O)cc(Cl)c1C(C)C. The molecule has 0 saturated heterocycles. The van der Waals surface area contributed by atoms with E-state index in [1.165, 1.54) is 0 Å². The van der Waals surface area contributed by atoms with Crippen LogP contribution in [0.2, 0.25) is 5.02 Å². The predicted molar refractivity (Wildman–Crippen MR) is 75.9 cm³/mol. The molecule has 106 valence electrons. The van der Waals surface area contributed by atoms with Crippen LogP contribution in [-0.2, 0) is 4.79 Å². The Bertz CT molecular complexity index is 460. The molecule has 4 nitrogen and oxygen atoms in total. The second-order valence-electron chi connectivity index (χ2n) is 4.81. The third-order valence-corrected chi connectivity index (χ3v) is 3.32. The standard InChI is InChI=1S/C14H20ClNO3/c1-8(2)14-10(15)6-9(7-12(14)19-3)11(16)4-5-13(17)18/h6-8,11H,4-5,16H2,1-3H3,(H,17,18). The van der Waals surface area contributed by atoms with E-state index in [0.29, 0.717) is 17.2 Å². The summed E-state index contributed by atoms with van der Waals surface area (Å²) < 4.78 is 5.35. The quantitative estimate of drug-likeness (QED) is 0.841. The molecule has 0 radical (unpaired) electrons. The van der Waals surface area contributed by atoms with Crippen LogP contribution in [0.1, 0.15) is 49.8 Å². The molecular formula is C14H20ClNO3. The number of nitrogens with two attached hydrogens (primary N) is 1. The van der Waals surface area contributed by atoms with E-state index in [4.69, 9.17) is 27.2 Å². The van der Waals surface area contributed by atoms with Crippen molar-refractivity contribution in [3.8, 4) is 5.75 Å². The highest BCUT2D eigenvalue weighted by atomic mass is 35.5. The van der Waals surface area contributed by atoms with Gasteiger partial charge in [-0.3, -0.25) is 4.79 Å². The molecule has 19 heavy (non-hydrogen) atoms. The van der Waals surface area contributed by atoms with Gasteiger partial charge in [0.15, 0.2) is 0 Å². The van der Waals surface area contributed by atoms with E-state index >= 15 is 0 Å². The van der Waals surface area contributed by atoms with Gasteiger partial charge in [-0.05, 0) is 30.0 Å². The van der Waals surface area contributed by atoms with Gasteiger partial charge in [0.05, 0.1) is 7.11 Å². The van der Waals surface area contributed by atoms with Crippen molar-refractivity contribution in [1.29, 1.82) is 0 Å². The first-order chi connectivity index (χ1) is 8.86. The molecule has 0 aliphatic heterocycles. The van der Waals surface area contributed by atoms with Gasteiger partial charge in [-0.25, -0.2) is 0 Å². The molecule has 0 aliphatic carbocycles. The Balaban J connectivity index is 3.04. The van der Waals surface area contributed by atoms with Crippen LogP contribution in [0.4, 0.5) is 0 Å². The fourth-order valence-corrected chi connectivity index (χ4v) is 2.44. The minimum Gasteiger partial charge on any atom is -0.496 e. The van der Waals surface area contributed by atoms with E-state index in [0.717, 1.165) is 11.1 Å². The Hall–Kier alpha value is -1.26. The summed E-state index contributed by atoms with van der Waals surface area (Å²) in [4.78, 5) is 10.6. The molecule has 0 heterocycles. The Morgan fingerprint density at radius 2 is 2.11 bits per heavy atom. The first-order valence-electron chi connectivity index (χ1n) is 6.21. The highest BCUT2D eigenvalue weighted by Gasteiger charge is 2.17. The van der Waals surface area contributed by atoms with E-state index < -0.39 is 5.97 Å². The maximum atomic E-state index is 10.6. The van der Waals surface area contributed by atoms with Gasteiger partial charge in [-0.1, -0.05) is 25.4 Å². The van der Waals surface area contributed by atoms with Crippen LogP contribution in [0.15, 0.2) is 12.1 Å². The predicted octanol–water partition coefficient (Wildman–Crippen LogP) is 3.34. The Morgan fingerprint density at radius 1 is 1.47 bits per heavy atom. The van der Waals surface area contributed by atoms with Crippen molar-refractivity contribution in [1.82, 2.24) is 0 Å². The smallest absolute Gasteiger partial charge is 0.303 e. The van der Waals surface area contributed by atoms with Crippen molar-refractivity contribution in [3.05, 3.63) is 28.3 Å². The molecule has 0 fully saturated rings. The van der Waals surface area contributed by atoms with Gasteiger partial charge in [0.2, 0.25) is 0 Å². The minimum atomic E-state index is -0.854. The van der Waals surface area contributed by atoms with Gasteiger partial charge in [0, 0.05) is 23.0 Å². The number of ether oxygens (including phenoxy) is 1. The lowest BCUT2D eigenvalue weighted by Crippen LogP contribution is -2.13. The molecule has 1 atom stereocenters. The van der Waals surface area contributed by atoms with E-state index in [2.05, 4.69) is 0 Å². The molecule has 0 aromatic heterocycles. The topological polar surface area (TPSA) is 72.5 Å². The fourth-order valence-electron chi connectivity index (χ4n) is 2.00. The number of carbonyl (C=O) groups is 1. The second kappa shape index (κ2) is 6.78. The Labute approximate surface area is 118 Å². The number of halogens is 1. The van der Waals surface area contributed by atoms with Crippen molar-refractivity contribution in [2.75, 3.05) is 7.11 Å². The molecule has 1 rings (SSSR count). The van der Waals surface area contributed by atoms with Gasteiger partial charge in [-0.2, -0.15) is 0 Å². The summed E-state index contributed by atoms with van der Waals surface area (Å²) in [5.74, 6) is 0.0855. The molecule has 1 aromatic rings. The number of hydrogen-bond acceptors (Lipinski definition) is 3. The van der Waals surface area contributed by atoms with Crippen LogP contribution in [0, 0.1) is 0 Å². The molecule has 0 aliphatic rings. The summed E-state index contributed by atoms with van der Waals surface area (Å²) in [5.41, 5.74) is 7.73. The summed E-state index contributed by atoms with van der Waals surface area (Å²) in [6.07, 6.45) is 0.406. The van der Waals surface area contributed by atoms with E-state index in [9.17, 15) is 4.79 Å². The first kappa shape index (κ1) is 15.8. The first-order valence-corrected chi connectivity index (χ1v) is 6.59. The molecule has 0 spiro atoms. The number of hydrogen-bond donors (Lipinski definition) is 2. The number of aliphatic carboxylic acids is 1. The van der Waals surface area contributed by atoms with Crippen molar-refractivity contribution < 1.29 is 14.6 Å². The molecule has 0 bridgehead atoms. The second-order valence-corrected chi connectivity index (χ2v) is 5.22. The fraction of sp³-hybridized carbons (Fsp3) is 0.500. The average Bonchev–Trinajstić information content (AvgIpc) is 2.34. The third-order valence-electron chi connectivity index (χ3n) is 3.01. The molecular weight excluding hydrogens is 266 g/mol. The maximum absolute atomic E-state index is 10.6. The maximum Gasteiger partial charge on any atom is 0.303 e. The summed E-state index contributed by atoms with van der Waals surface area (Å²) in [6.45, 7) is 4.07. The van der Waals surface area contributed by atoms with Crippen LogP contribution in [0.3, 0.4) is 0 Å². The largest absolute Gasteiger partial charge is 0.496 e. The molecule has 1 unspecified atom stereocenters. The number of methoxy groups -OCH3 is 1. The van der Waals surface area contributed by atoms with Gasteiger partial charge < -0.3 is 15.6 Å². The summed E-state index contributed by atoms with van der Waals surface area (Å²) in [6, 6.07) is 3.28. The van der Waals surface area contributed by atoms with Crippen LogP contribution in [0.25, 0.3) is 0 Å². The number of benzene rings is 1. The van der Waals surface area contributed by atoms with Crippen molar-refractivity contribution >= 4 is 17.6 Å². The third kappa shape index (κ3) is 4.11. The van der Waals surface area contributed by atoms with Crippen molar-refractivity contribution in [2.45, 2.75) is 38.6 Å². The lowest BCUT2D eigenvalue weighted by molar-refractivity contribution is -0.137. The highest BCUT2D eigenvalue weighted by Crippen LogP contribution is 2.36. The zero-order valence-electron chi connectivity index (χ0n) is 11.4. The van der Waals surface area contributed by atoms with Crippen LogP contribution >= 0.6 is 11.6 Å². The van der Waals surface area contributed by atoms with Gasteiger partial charge >= 0.3 is 5.97 Å². The number of carboxylic acid groups (broad SMARTS) is 1. The summed E-state index contributed by atoms with van der Waals surface area (Å²) in [7, 11) is 1.59. The lowest BCUT2D eigenvalue weighted by atomic mass is 9.96. The summed E-state index contributed by atoms with van der Waals surface area (Å²) >= 11 is 6.26. The van der Waals surface area contributed by atoms with Crippen molar-refractivity contribution in [3.63, 3.8) is 0 Å². The van der Waals surface area contributed by atoms with E-state index in [-0.39, 0.29) is 18.4 Å². The van der Waals surface area contributed by atoms with E-state index in [1.54, 1.807) is 13.2 Å². The monoisotopic (exact) mass is 285 g/mol. The zero-order valence-corrected chi connectivity index (χ0v) is 12.2. The van der Waals surface area contributed by atoms with Gasteiger partial charge in [-0.15, -0.1) is 0 Å². The van der Waals surface area contributed by atoms with Crippen LogP contribution in [-0.4, -0.2) is 18.2 Å². The number of carboxylic acids is 1. The zero-order chi connectivity index (χ0) is 14.6. The molecule has 3 N–H and O–H groups in total. The highest BCUT2D eigenvalue weighted by molar-refractivity contribution is 6.31. The Morgan fingerprint density at radius 3 is 2.58 bits per heavy atom. The van der Waals surface area contributed by atoms with Crippen molar-refractivity contribution in [2.24, 2.45) is 5.73 Å². The Kier molecular flexibility index (Phi) is 5.63.